The van der Waals surface area contributed by atoms with Gasteiger partial charge in [-0.3, -0.25) is 9.59 Å². The van der Waals surface area contributed by atoms with Crippen molar-refractivity contribution in [1.82, 2.24) is 5.32 Å². The van der Waals surface area contributed by atoms with Crippen molar-refractivity contribution < 1.29 is 14.7 Å². The summed E-state index contributed by atoms with van der Waals surface area (Å²) in [5, 5.41) is 11.2. The summed E-state index contributed by atoms with van der Waals surface area (Å²) in [5.41, 5.74) is 0. The summed E-state index contributed by atoms with van der Waals surface area (Å²) in [4.78, 5) is 22.0. The molecule has 0 saturated carbocycles. The zero-order valence-electron chi connectivity index (χ0n) is 14.3. The lowest BCUT2D eigenvalue weighted by atomic mass is 10.1. The van der Waals surface area contributed by atoms with Crippen molar-refractivity contribution in [3.8, 4) is 0 Å². The maximum atomic E-state index is 11.5. The summed E-state index contributed by atoms with van der Waals surface area (Å²) in [5.74, 6) is -1.15. The predicted octanol–water partition coefficient (Wildman–Crippen LogP) is 4.44. The minimum atomic E-state index is -0.990. The van der Waals surface area contributed by atoms with Gasteiger partial charge in [-0.05, 0) is 39.0 Å². The van der Waals surface area contributed by atoms with E-state index in [4.69, 9.17) is 5.11 Å². The van der Waals surface area contributed by atoms with Crippen LogP contribution in [0.25, 0.3) is 0 Å². The average Bonchev–Trinajstić information content (AvgIpc) is 2.48. The number of aliphatic carboxylic acids is 1. The molecule has 0 aliphatic carbocycles. The van der Waals surface area contributed by atoms with Crippen molar-refractivity contribution >= 4 is 11.9 Å². The molecule has 2 N–H and O–H groups in total. The number of amides is 1. The molecule has 0 aromatic carbocycles. The maximum Gasteiger partial charge on any atom is 0.325 e. The van der Waals surface area contributed by atoms with E-state index in [9.17, 15) is 9.59 Å². The van der Waals surface area contributed by atoms with Crippen LogP contribution in [0, 0.1) is 0 Å². The number of allylic oxidation sites excluding steroid dienone is 2. The quantitative estimate of drug-likeness (QED) is 0.368. The van der Waals surface area contributed by atoms with Gasteiger partial charge in [0, 0.05) is 6.42 Å². The third-order valence-electron chi connectivity index (χ3n) is 3.66. The Morgan fingerprint density at radius 3 is 2.09 bits per heavy atom. The lowest BCUT2D eigenvalue weighted by Gasteiger charge is -2.08. The molecule has 0 unspecified atom stereocenters. The minimum Gasteiger partial charge on any atom is -0.480 e. The van der Waals surface area contributed by atoms with E-state index in [1.807, 2.05) is 0 Å². The highest BCUT2D eigenvalue weighted by atomic mass is 16.4. The van der Waals surface area contributed by atoms with Gasteiger partial charge in [0.05, 0.1) is 0 Å². The molecular formula is C18H33NO3. The molecular weight excluding hydrogens is 278 g/mol. The molecule has 0 aliphatic heterocycles. The molecule has 1 amide bonds. The van der Waals surface area contributed by atoms with Gasteiger partial charge in [0.2, 0.25) is 5.91 Å². The minimum absolute atomic E-state index is 0.162. The van der Waals surface area contributed by atoms with Crippen LogP contribution in [0.5, 0.6) is 0 Å². The summed E-state index contributed by atoms with van der Waals surface area (Å²) in [7, 11) is 0. The van der Waals surface area contributed by atoms with Crippen LogP contribution in [0.15, 0.2) is 12.2 Å². The van der Waals surface area contributed by atoms with Gasteiger partial charge in [-0.25, -0.2) is 0 Å². The zero-order valence-corrected chi connectivity index (χ0v) is 14.3. The van der Waals surface area contributed by atoms with E-state index in [0.717, 1.165) is 25.7 Å². The normalized spacial score (nSPS) is 12.5. The zero-order chi connectivity index (χ0) is 16.6. The Bertz CT molecular complexity index is 326. The Balaban J connectivity index is 3.33. The molecule has 0 aliphatic rings. The monoisotopic (exact) mass is 311 g/mol. The van der Waals surface area contributed by atoms with Crippen molar-refractivity contribution in [2.24, 2.45) is 0 Å². The van der Waals surface area contributed by atoms with Crippen LogP contribution < -0.4 is 5.32 Å². The third kappa shape index (κ3) is 13.7. The molecule has 0 heterocycles. The van der Waals surface area contributed by atoms with Crippen LogP contribution >= 0.6 is 0 Å². The molecule has 22 heavy (non-hydrogen) atoms. The van der Waals surface area contributed by atoms with Crippen molar-refractivity contribution in [3.05, 3.63) is 12.2 Å². The highest BCUT2D eigenvalue weighted by molar-refractivity contribution is 5.83. The summed E-state index contributed by atoms with van der Waals surface area (Å²) in [6.07, 6.45) is 16.7. The largest absolute Gasteiger partial charge is 0.480 e. The molecule has 0 radical (unpaired) electrons. The molecule has 0 fully saturated rings. The highest BCUT2D eigenvalue weighted by Gasteiger charge is 2.12. The number of carboxylic acids is 1. The van der Waals surface area contributed by atoms with Gasteiger partial charge in [0.1, 0.15) is 6.04 Å². The summed E-state index contributed by atoms with van der Waals surface area (Å²) in [6.45, 7) is 3.70. The van der Waals surface area contributed by atoms with E-state index in [2.05, 4.69) is 24.4 Å². The Morgan fingerprint density at radius 1 is 0.955 bits per heavy atom. The predicted molar refractivity (Wildman–Crippen MR) is 90.8 cm³/mol. The fourth-order valence-electron chi connectivity index (χ4n) is 2.20. The molecule has 0 spiro atoms. The molecule has 0 saturated heterocycles. The van der Waals surface area contributed by atoms with Gasteiger partial charge in [-0.15, -0.1) is 0 Å². The number of carboxylic acid groups (broad SMARTS) is 1. The Labute approximate surface area is 135 Å². The first kappa shape index (κ1) is 20.7. The smallest absolute Gasteiger partial charge is 0.325 e. The average molecular weight is 311 g/mol. The molecule has 1 atom stereocenters. The number of hydrogen-bond acceptors (Lipinski definition) is 2. The van der Waals surface area contributed by atoms with Crippen LogP contribution in [-0.2, 0) is 9.59 Å². The lowest BCUT2D eigenvalue weighted by Crippen LogP contribution is -2.38. The number of hydrogen-bond donors (Lipinski definition) is 2. The van der Waals surface area contributed by atoms with Crippen molar-refractivity contribution in [3.63, 3.8) is 0 Å². The standard InChI is InChI=1S/C18H33NO3/c1-3-4-5-6-7-8-9-10-11-12-13-14-15-17(20)19-16(2)18(21)22/h7-8,16H,3-6,9-15H2,1-2H3,(H,19,20)(H,21,22)/b8-7-/t16-/m0/s1. The topological polar surface area (TPSA) is 66.4 Å². The van der Waals surface area contributed by atoms with E-state index in [1.54, 1.807) is 0 Å². The molecule has 4 nitrogen and oxygen atoms in total. The van der Waals surface area contributed by atoms with Crippen LogP contribution in [0.3, 0.4) is 0 Å². The van der Waals surface area contributed by atoms with E-state index < -0.39 is 12.0 Å². The molecule has 0 aromatic rings. The van der Waals surface area contributed by atoms with Gasteiger partial charge in [-0.1, -0.05) is 51.2 Å². The number of carbonyl (C=O) groups is 2. The molecule has 0 bridgehead atoms. The molecule has 128 valence electrons. The maximum absolute atomic E-state index is 11.5. The number of nitrogens with one attached hydrogen (secondary N) is 1. The van der Waals surface area contributed by atoms with Crippen LogP contribution in [0.4, 0.5) is 0 Å². The fourth-order valence-corrected chi connectivity index (χ4v) is 2.20. The van der Waals surface area contributed by atoms with Crippen molar-refractivity contribution in [2.45, 2.75) is 90.5 Å². The van der Waals surface area contributed by atoms with E-state index >= 15 is 0 Å². The Hall–Kier alpha value is -1.32. The van der Waals surface area contributed by atoms with E-state index in [1.165, 1.54) is 45.4 Å². The second kappa shape index (κ2) is 14.6. The Kier molecular flexibility index (Phi) is 13.7. The van der Waals surface area contributed by atoms with Crippen molar-refractivity contribution in [2.75, 3.05) is 0 Å². The van der Waals surface area contributed by atoms with Gasteiger partial charge in [0.25, 0.3) is 0 Å². The van der Waals surface area contributed by atoms with Gasteiger partial charge >= 0.3 is 5.97 Å². The van der Waals surface area contributed by atoms with E-state index in [-0.39, 0.29) is 5.91 Å². The van der Waals surface area contributed by atoms with Crippen LogP contribution in [0.2, 0.25) is 0 Å². The summed E-state index contributed by atoms with van der Waals surface area (Å²) < 4.78 is 0. The number of unbranched alkanes of at least 4 members (excludes halogenated alkanes) is 8. The summed E-state index contributed by atoms with van der Waals surface area (Å²) >= 11 is 0. The first-order valence-electron chi connectivity index (χ1n) is 8.75. The molecule has 0 rings (SSSR count). The summed E-state index contributed by atoms with van der Waals surface area (Å²) in [6, 6.07) is -0.795. The number of rotatable bonds is 14. The van der Waals surface area contributed by atoms with Gasteiger partial charge < -0.3 is 10.4 Å². The van der Waals surface area contributed by atoms with Gasteiger partial charge in [-0.2, -0.15) is 0 Å². The third-order valence-corrected chi connectivity index (χ3v) is 3.66. The first-order valence-corrected chi connectivity index (χ1v) is 8.75. The van der Waals surface area contributed by atoms with Crippen LogP contribution in [0.1, 0.15) is 84.5 Å². The number of carbonyl (C=O) groups excluding carboxylic acids is 1. The van der Waals surface area contributed by atoms with Crippen LogP contribution in [-0.4, -0.2) is 23.0 Å². The SMILES string of the molecule is CCCCC/C=C\CCCCCCCC(=O)N[C@@H](C)C(=O)O. The second-order valence-electron chi connectivity index (χ2n) is 5.90. The van der Waals surface area contributed by atoms with Gasteiger partial charge in [0.15, 0.2) is 0 Å². The van der Waals surface area contributed by atoms with Crippen molar-refractivity contribution in [1.29, 1.82) is 0 Å². The first-order chi connectivity index (χ1) is 10.6. The molecule has 4 heteroatoms. The fraction of sp³-hybridized carbons (Fsp3) is 0.778. The lowest BCUT2D eigenvalue weighted by molar-refractivity contribution is -0.141. The van der Waals surface area contributed by atoms with E-state index in [0.29, 0.717) is 6.42 Å². The molecule has 0 aromatic heterocycles. The second-order valence-corrected chi connectivity index (χ2v) is 5.90. The Morgan fingerprint density at radius 2 is 1.50 bits per heavy atom. The highest BCUT2D eigenvalue weighted by Crippen LogP contribution is 2.08.